The minimum absolute atomic E-state index is 0. The van der Waals surface area contributed by atoms with Gasteiger partial charge in [-0.3, -0.25) is 15.0 Å². The van der Waals surface area contributed by atoms with E-state index in [-0.39, 0.29) is 22.3 Å². The molecule has 6 nitrogen and oxygen atoms in total. The Bertz CT molecular complexity index is 312. The highest BCUT2D eigenvalue weighted by Crippen LogP contribution is 1.92. The number of aliphatic imine (C=N–C) groups is 3. The molecule has 0 aliphatic heterocycles. The zero-order chi connectivity index (χ0) is 19.7. The van der Waals surface area contributed by atoms with Crippen LogP contribution in [0.4, 0.5) is 0 Å². The van der Waals surface area contributed by atoms with Crippen LogP contribution in [0.15, 0.2) is 15.0 Å². The first-order chi connectivity index (χ1) is 11.2. The summed E-state index contributed by atoms with van der Waals surface area (Å²) in [6.45, 7) is 12.7. The molecule has 0 unspecified atom stereocenters. The van der Waals surface area contributed by atoms with Gasteiger partial charge in [0, 0.05) is 60.0 Å². The third-order valence-corrected chi connectivity index (χ3v) is 3.13. The maximum atomic E-state index is 4.01. The van der Waals surface area contributed by atoms with E-state index in [1.54, 1.807) is 21.1 Å². The Balaban J connectivity index is -0.0000000580. The molecule has 0 aliphatic carbocycles. The van der Waals surface area contributed by atoms with E-state index in [1.807, 2.05) is 21.1 Å². The summed E-state index contributed by atoms with van der Waals surface area (Å²) in [5.41, 5.74) is 0. The second kappa shape index (κ2) is 26.6. The zero-order valence-corrected chi connectivity index (χ0v) is 21.1. The van der Waals surface area contributed by atoms with E-state index in [0.717, 1.165) is 17.5 Å². The molecule has 0 saturated carbocycles. The molecule has 27 heavy (non-hydrogen) atoms. The first-order valence-electron chi connectivity index (χ1n) is 8.59. The van der Waals surface area contributed by atoms with Gasteiger partial charge in [0.25, 0.3) is 0 Å². The molecule has 0 aromatic rings. The number of rotatable bonds is 3. The first kappa shape index (κ1) is 40.2. The second-order valence-electron chi connectivity index (χ2n) is 6.04. The van der Waals surface area contributed by atoms with Crippen LogP contribution in [-0.2, 0) is 0 Å². The molecular weight excluding hydrogens is 336 g/mol. The van der Waals surface area contributed by atoms with Crippen molar-refractivity contribution < 1.29 is 0 Å². The van der Waals surface area contributed by atoms with Crippen LogP contribution >= 0.6 is 0 Å². The average Bonchev–Trinajstić information content (AvgIpc) is 2.51. The third-order valence-electron chi connectivity index (χ3n) is 3.13. The van der Waals surface area contributed by atoms with Crippen LogP contribution in [0, 0.1) is 40.0 Å². The van der Waals surface area contributed by atoms with Crippen molar-refractivity contribution >= 4 is 17.5 Å². The third kappa shape index (κ3) is 24.4. The van der Waals surface area contributed by atoms with Gasteiger partial charge < -0.3 is 38.2 Å². The van der Waals surface area contributed by atoms with Crippen LogP contribution < -0.4 is 16.0 Å². The van der Waals surface area contributed by atoms with E-state index in [4.69, 9.17) is 0 Å². The van der Waals surface area contributed by atoms with Gasteiger partial charge >= 0.3 is 0 Å². The van der Waals surface area contributed by atoms with Gasteiger partial charge in [-0.2, -0.15) is 0 Å². The van der Waals surface area contributed by atoms with Gasteiger partial charge in [-0.25, -0.2) is 0 Å². The monoisotopic (exact) mass is 387 g/mol. The Morgan fingerprint density at radius 3 is 0.630 bits per heavy atom. The highest BCUT2D eigenvalue weighted by molar-refractivity contribution is 5.84. The van der Waals surface area contributed by atoms with Gasteiger partial charge in [0.15, 0.2) is 0 Å². The van der Waals surface area contributed by atoms with Crippen molar-refractivity contribution in [3.05, 3.63) is 22.3 Å². The summed E-state index contributed by atoms with van der Waals surface area (Å²) in [6.07, 6.45) is 0. The summed E-state index contributed by atoms with van der Waals surface area (Å²) in [7, 11) is 11.1. The van der Waals surface area contributed by atoms with E-state index in [0.29, 0.717) is 17.8 Å². The normalized spacial score (nSPS) is 11.0. The molecule has 0 rings (SSSR count). The molecule has 0 atom stereocenters. The summed E-state index contributed by atoms with van der Waals surface area (Å²) in [5.74, 6) is 4.74. The molecule has 0 amide bonds. The number of hydrogen-bond acceptors (Lipinski definition) is 3. The molecular formula is C21H51N6-3. The topological polar surface area (TPSA) is 73.2 Å². The first-order valence-corrected chi connectivity index (χ1v) is 8.59. The standard InChI is InChI=1S/3C6H14N2.3CH3/c3*1-5(2)6(7-3)8-4;;;/h3*5H,1-4H3,(H,7,8);3*1H3/q;;;3*-1. The Morgan fingerprint density at radius 1 is 0.481 bits per heavy atom. The summed E-state index contributed by atoms with van der Waals surface area (Å²) in [5, 5.41) is 9.00. The minimum Gasteiger partial charge on any atom is -0.377 e. The van der Waals surface area contributed by atoms with Crippen LogP contribution in [0.25, 0.3) is 0 Å². The van der Waals surface area contributed by atoms with Crippen molar-refractivity contribution in [1.29, 1.82) is 0 Å². The van der Waals surface area contributed by atoms with Crippen molar-refractivity contribution in [2.24, 2.45) is 32.7 Å². The van der Waals surface area contributed by atoms with Crippen LogP contribution in [0.3, 0.4) is 0 Å². The van der Waals surface area contributed by atoms with E-state index < -0.39 is 0 Å². The minimum atomic E-state index is 0. The van der Waals surface area contributed by atoms with E-state index in [2.05, 4.69) is 72.5 Å². The maximum absolute atomic E-state index is 4.01. The molecule has 6 heteroatoms. The molecule has 3 N–H and O–H groups in total. The van der Waals surface area contributed by atoms with Gasteiger partial charge in [-0.05, 0) is 0 Å². The highest BCUT2D eigenvalue weighted by Gasteiger charge is 1.98. The fourth-order valence-corrected chi connectivity index (χ4v) is 1.98. The van der Waals surface area contributed by atoms with Crippen molar-refractivity contribution in [2.75, 3.05) is 42.3 Å². The predicted molar refractivity (Wildman–Crippen MR) is 131 cm³/mol. The molecule has 0 heterocycles. The lowest BCUT2D eigenvalue weighted by molar-refractivity contribution is 0.834. The molecule has 0 aliphatic rings. The smallest absolute Gasteiger partial charge is 0.0982 e. The lowest BCUT2D eigenvalue weighted by Gasteiger charge is -2.06. The second-order valence-corrected chi connectivity index (χ2v) is 6.04. The number of nitrogens with one attached hydrogen (secondary N) is 3. The summed E-state index contributed by atoms with van der Waals surface area (Å²) in [4.78, 5) is 12.0. The quantitative estimate of drug-likeness (QED) is 0.389. The van der Waals surface area contributed by atoms with Crippen LogP contribution in [0.2, 0.25) is 0 Å². The fraction of sp³-hybridized carbons (Fsp3) is 0.714. The van der Waals surface area contributed by atoms with Gasteiger partial charge in [-0.15, -0.1) is 0 Å². The molecule has 0 spiro atoms. The van der Waals surface area contributed by atoms with Crippen LogP contribution in [0.1, 0.15) is 41.5 Å². The highest BCUT2D eigenvalue weighted by atomic mass is 15.0. The Hall–Kier alpha value is -1.59. The Labute approximate surface area is 172 Å². The van der Waals surface area contributed by atoms with Crippen molar-refractivity contribution in [3.8, 4) is 0 Å². The Kier molecular flexibility index (Phi) is 39.6. The fourth-order valence-electron chi connectivity index (χ4n) is 1.98. The summed E-state index contributed by atoms with van der Waals surface area (Å²) >= 11 is 0. The van der Waals surface area contributed by atoms with Gasteiger partial charge in [0.1, 0.15) is 0 Å². The van der Waals surface area contributed by atoms with Crippen LogP contribution in [-0.4, -0.2) is 59.8 Å². The summed E-state index contributed by atoms with van der Waals surface area (Å²) < 4.78 is 0. The number of amidine groups is 3. The largest absolute Gasteiger partial charge is 0.377 e. The van der Waals surface area contributed by atoms with Gasteiger partial charge in [-0.1, -0.05) is 41.5 Å². The number of nitrogens with zero attached hydrogens (tertiary/aromatic N) is 3. The molecule has 0 saturated heterocycles. The lowest BCUT2D eigenvalue weighted by atomic mass is 10.2. The average molecular weight is 388 g/mol. The van der Waals surface area contributed by atoms with Gasteiger partial charge in [0.2, 0.25) is 0 Å². The number of hydrogen-bond donors (Lipinski definition) is 3. The molecule has 0 fully saturated rings. The molecule has 0 bridgehead atoms. The molecule has 0 aromatic heterocycles. The molecule has 168 valence electrons. The lowest BCUT2D eigenvalue weighted by Crippen LogP contribution is -2.23. The predicted octanol–water partition coefficient (Wildman–Crippen LogP) is 4.02. The van der Waals surface area contributed by atoms with Crippen molar-refractivity contribution in [3.63, 3.8) is 0 Å². The Morgan fingerprint density at radius 2 is 0.630 bits per heavy atom. The molecule has 0 aromatic carbocycles. The van der Waals surface area contributed by atoms with Gasteiger partial charge in [0.05, 0.1) is 17.5 Å². The van der Waals surface area contributed by atoms with Crippen molar-refractivity contribution in [1.82, 2.24) is 16.0 Å². The maximum Gasteiger partial charge on any atom is 0.0982 e. The van der Waals surface area contributed by atoms with E-state index in [9.17, 15) is 0 Å². The van der Waals surface area contributed by atoms with E-state index >= 15 is 0 Å². The van der Waals surface area contributed by atoms with Crippen molar-refractivity contribution in [2.45, 2.75) is 41.5 Å². The zero-order valence-electron chi connectivity index (χ0n) is 21.1. The molecule has 0 radical (unpaired) electrons. The summed E-state index contributed by atoms with van der Waals surface area (Å²) in [6, 6.07) is 0. The SMILES string of the molecule is CN=C(NC)C(C)C.CN=C(NC)C(C)C.CN=C(NC)C(C)C.[CH3-].[CH3-].[CH3-]. The van der Waals surface area contributed by atoms with Crippen LogP contribution in [0.5, 0.6) is 0 Å². The van der Waals surface area contributed by atoms with E-state index in [1.165, 1.54) is 0 Å².